The molecule has 212 valence electrons. The highest BCUT2D eigenvalue weighted by molar-refractivity contribution is 5.86. The Hall–Kier alpha value is -3.36. The smallest absolute Gasteiger partial charge is 0.378 e. The minimum absolute atomic E-state index is 0.194. The fourth-order valence-corrected chi connectivity index (χ4v) is 5.13. The third-order valence-electron chi connectivity index (χ3n) is 7.24. The van der Waals surface area contributed by atoms with Crippen LogP contribution in [0.3, 0.4) is 0 Å². The number of nitrogens with zero attached hydrogens (tertiary/aromatic N) is 1. The molecule has 2 atom stereocenters. The molecule has 1 unspecified atom stereocenters. The molecule has 0 aliphatic heterocycles. The number of alkyl halides is 6. The fourth-order valence-electron chi connectivity index (χ4n) is 5.13. The van der Waals surface area contributed by atoms with Crippen molar-refractivity contribution in [2.24, 2.45) is 0 Å². The van der Waals surface area contributed by atoms with Gasteiger partial charge in [-0.3, -0.25) is 4.90 Å². The predicted octanol–water partition coefficient (Wildman–Crippen LogP) is 8.82. The average Bonchev–Trinajstić information content (AvgIpc) is 2.93. The zero-order valence-electron chi connectivity index (χ0n) is 22.0. The molecule has 1 N–H and O–H groups in total. The first-order valence-electron chi connectivity index (χ1n) is 13.2. The van der Waals surface area contributed by atoms with Gasteiger partial charge in [-0.15, -0.1) is 0 Å². The maximum absolute atomic E-state index is 13.2. The SMILES string of the molecule is C[C@H](c1cccc2ccccc12)N(CCCc1cccc(C(F)(F)F)c1)C(O)CCc1cccc(C(F)(F)F)c1. The molecule has 0 bridgehead atoms. The van der Waals surface area contributed by atoms with E-state index in [1.165, 1.54) is 12.1 Å². The normalized spacial score (nSPS) is 14.0. The lowest BCUT2D eigenvalue weighted by atomic mass is 9.97. The van der Waals surface area contributed by atoms with Crippen LogP contribution in [0.15, 0.2) is 91.0 Å². The number of halogens is 6. The standard InChI is InChI=1S/C32H31F6NO/c1-22(28-16-6-12-25-11-2-3-15-29(25)28)39(19-7-10-23-8-4-13-26(20-23)31(33,34)35)30(40)18-17-24-9-5-14-27(21-24)32(36,37)38/h2-6,8-9,11-16,20-22,30,40H,7,10,17-19H2,1H3/t22-,30?/m1/s1. The minimum Gasteiger partial charge on any atom is -0.378 e. The number of hydrogen-bond donors (Lipinski definition) is 1. The topological polar surface area (TPSA) is 23.5 Å². The average molecular weight is 560 g/mol. The van der Waals surface area contributed by atoms with Crippen LogP contribution in [0.2, 0.25) is 0 Å². The van der Waals surface area contributed by atoms with Gasteiger partial charge < -0.3 is 5.11 Å². The number of benzene rings is 4. The van der Waals surface area contributed by atoms with E-state index >= 15 is 0 Å². The van der Waals surface area contributed by atoms with Crippen LogP contribution in [0.25, 0.3) is 10.8 Å². The second-order valence-electron chi connectivity index (χ2n) is 10.0. The molecule has 4 rings (SSSR count). The summed E-state index contributed by atoms with van der Waals surface area (Å²) in [7, 11) is 0. The van der Waals surface area contributed by atoms with Crippen molar-refractivity contribution < 1.29 is 31.4 Å². The van der Waals surface area contributed by atoms with E-state index in [2.05, 4.69) is 0 Å². The van der Waals surface area contributed by atoms with Crippen molar-refractivity contribution in [3.8, 4) is 0 Å². The molecule has 0 amide bonds. The summed E-state index contributed by atoms with van der Waals surface area (Å²) in [6.07, 6.45) is -8.57. The monoisotopic (exact) mass is 559 g/mol. The summed E-state index contributed by atoms with van der Waals surface area (Å²) in [6, 6.07) is 23.8. The molecule has 2 nitrogen and oxygen atoms in total. The van der Waals surface area contributed by atoms with Crippen LogP contribution >= 0.6 is 0 Å². The van der Waals surface area contributed by atoms with Gasteiger partial charge in [-0.05, 0) is 72.2 Å². The number of rotatable bonds is 10. The Morgan fingerprint density at radius 2 is 1.25 bits per heavy atom. The van der Waals surface area contributed by atoms with Crippen LogP contribution in [0.4, 0.5) is 26.3 Å². The van der Waals surface area contributed by atoms with E-state index in [4.69, 9.17) is 0 Å². The van der Waals surface area contributed by atoms with Gasteiger partial charge in [0.15, 0.2) is 0 Å². The van der Waals surface area contributed by atoms with Crippen molar-refractivity contribution in [3.05, 3.63) is 119 Å². The summed E-state index contributed by atoms with van der Waals surface area (Å²) in [5, 5.41) is 13.4. The summed E-state index contributed by atoms with van der Waals surface area (Å²) in [5.41, 5.74) is 0.561. The minimum atomic E-state index is -4.45. The maximum Gasteiger partial charge on any atom is 0.416 e. The van der Waals surface area contributed by atoms with E-state index in [0.717, 1.165) is 40.6 Å². The first-order valence-corrected chi connectivity index (χ1v) is 13.2. The Morgan fingerprint density at radius 3 is 1.88 bits per heavy atom. The van der Waals surface area contributed by atoms with Gasteiger partial charge in [-0.25, -0.2) is 0 Å². The number of fused-ring (bicyclic) bond motifs is 1. The molecule has 4 aromatic rings. The Kier molecular flexibility index (Phi) is 9.21. The summed E-state index contributed by atoms with van der Waals surface area (Å²) in [5.74, 6) is 0. The van der Waals surface area contributed by atoms with E-state index in [9.17, 15) is 31.4 Å². The summed E-state index contributed by atoms with van der Waals surface area (Å²) in [6.45, 7) is 2.34. The van der Waals surface area contributed by atoms with E-state index in [1.807, 2.05) is 54.3 Å². The number of aryl methyl sites for hydroxylation is 2. The molecule has 0 heterocycles. The van der Waals surface area contributed by atoms with Crippen molar-refractivity contribution in [2.45, 2.75) is 57.2 Å². The second kappa shape index (κ2) is 12.4. The third kappa shape index (κ3) is 7.43. The molecule has 0 aliphatic rings. The Labute approximate surface area is 229 Å². The first kappa shape index (κ1) is 29.6. The number of aliphatic hydroxyl groups is 1. The lowest BCUT2D eigenvalue weighted by Gasteiger charge is -2.34. The van der Waals surface area contributed by atoms with Gasteiger partial charge in [0.2, 0.25) is 0 Å². The molecular formula is C32H31F6NO. The summed E-state index contributed by atoms with van der Waals surface area (Å²) in [4.78, 5) is 1.88. The maximum atomic E-state index is 13.2. The largest absolute Gasteiger partial charge is 0.416 e. The third-order valence-corrected chi connectivity index (χ3v) is 7.24. The molecule has 40 heavy (non-hydrogen) atoms. The van der Waals surface area contributed by atoms with Crippen LogP contribution in [-0.4, -0.2) is 22.8 Å². The molecular weight excluding hydrogens is 528 g/mol. The van der Waals surface area contributed by atoms with E-state index in [0.29, 0.717) is 30.5 Å². The molecule has 0 saturated carbocycles. The molecule has 0 aromatic heterocycles. The molecule has 0 saturated heterocycles. The van der Waals surface area contributed by atoms with Crippen LogP contribution in [0.5, 0.6) is 0 Å². The summed E-state index contributed by atoms with van der Waals surface area (Å²) < 4.78 is 79.0. The lowest BCUT2D eigenvalue weighted by Crippen LogP contribution is -2.38. The van der Waals surface area contributed by atoms with Gasteiger partial charge in [-0.2, -0.15) is 26.3 Å². The van der Waals surface area contributed by atoms with Crippen molar-refractivity contribution in [3.63, 3.8) is 0 Å². The molecule has 0 spiro atoms. The quantitative estimate of drug-likeness (QED) is 0.155. The van der Waals surface area contributed by atoms with Crippen LogP contribution in [0.1, 0.15) is 53.6 Å². The van der Waals surface area contributed by atoms with Gasteiger partial charge in [0.1, 0.15) is 6.23 Å². The molecule has 8 heteroatoms. The Bertz CT molecular complexity index is 1410. The van der Waals surface area contributed by atoms with Gasteiger partial charge in [0, 0.05) is 12.6 Å². The molecule has 0 fully saturated rings. The molecule has 4 aromatic carbocycles. The van der Waals surface area contributed by atoms with E-state index < -0.39 is 29.7 Å². The van der Waals surface area contributed by atoms with Crippen molar-refractivity contribution >= 4 is 10.8 Å². The lowest BCUT2D eigenvalue weighted by molar-refractivity contribution is -0.138. The highest BCUT2D eigenvalue weighted by atomic mass is 19.4. The fraction of sp³-hybridized carbons (Fsp3) is 0.312. The Morgan fingerprint density at radius 1 is 0.700 bits per heavy atom. The highest BCUT2D eigenvalue weighted by Crippen LogP contribution is 2.33. The number of aliphatic hydroxyl groups excluding tert-OH is 1. The molecule has 0 radical (unpaired) electrons. The van der Waals surface area contributed by atoms with Crippen molar-refractivity contribution in [1.29, 1.82) is 0 Å². The van der Waals surface area contributed by atoms with Crippen LogP contribution < -0.4 is 0 Å². The zero-order chi connectivity index (χ0) is 28.9. The predicted molar refractivity (Wildman–Crippen MR) is 145 cm³/mol. The summed E-state index contributed by atoms with van der Waals surface area (Å²) >= 11 is 0. The number of hydrogen-bond acceptors (Lipinski definition) is 2. The Balaban J connectivity index is 1.53. The first-order chi connectivity index (χ1) is 18.9. The van der Waals surface area contributed by atoms with Gasteiger partial charge >= 0.3 is 12.4 Å². The van der Waals surface area contributed by atoms with Gasteiger partial charge in [0.05, 0.1) is 11.1 Å². The van der Waals surface area contributed by atoms with E-state index in [1.54, 1.807) is 12.1 Å². The van der Waals surface area contributed by atoms with Crippen LogP contribution in [0, 0.1) is 0 Å². The van der Waals surface area contributed by atoms with Crippen molar-refractivity contribution in [2.75, 3.05) is 6.54 Å². The highest BCUT2D eigenvalue weighted by Gasteiger charge is 2.31. The van der Waals surface area contributed by atoms with Crippen molar-refractivity contribution in [1.82, 2.24) is 4.90 Å². The zero-order valence-corrected chi connectivity index (χ0v) is 22.0. The van der Waals surface area contributed by atoms with Gasteiger partial charge in [-0.1, -0.05) is 78.9 Å². The van der Waals surface area contributed by atoms with E-state index in [-0.39, 0.29) is 18.9 Å². The second-order valence-corrected chi connectivity index (χ2v) is 10.0. The molecule has 0 aliphatic carbocycles. The van der Waals surface area contributed by atoms with Crippen LogP contribution in [-0.2, 0) is 25.2 Å². The van der Waals surface area contributed by atoms with Gasteiger partial charge in [0.25, 0.3) is 0 Å².